The highest BCUT2D eigenvalue weighted by Gasteiger charge is 2.18. The fraction of sp³-hybridized carbons (Fsp3) is 0.500. The van der Waals surface area contributed by atoms with E-state index in [0.29, 0.717) is 0 Å². The van der Waals surface area contributed by atoms with Gasteiger partial charge in [-0.25, -0.2) is 4.79 Å². The molecule has 21 heavy (non-hydrogen) atoms. The zero-order valence-corrected chi connectivity index (χ0v) is 12.4. The summed E-state index contributed by atoms with van der Waals surface area (Å²) in [5, 5.41) is 6.75. The summed E-state index contributed by atoms with van der Waals surface area (Å²) in [6.45, 7) is -0.442. The number of amides is 3. The predicted molar refractivity (Wildman–Crippen MR) is 77.9 cm³/mol. The third-order valence-corrected chi connectivity index (χ3v) is 4.08. The van der Waals surface area contributed by atoms with Gasteiger partial charge in [0.25, 0.3) is 5.91 Å². The average molecular weight is 310 g/mol. The quantitative estimate of drug-likeness (QED) is 0.809. The second kappa shape index (κ2) is 7.78. The molecule has 3 amide bonds. The molecular weight excluding hydrogens is 292 g/mol. The van der Waals surface area contributed by atoms with E-state index in [1.54, 1.807) is 0 Å². The van der Waals surface area contributed by atoms with Crippen molar-refractivity contribution in [3.05, 3.63) is 22.4 Å². The molecule has 0 unspecified atom stereocenters. The van der Waals surface area contributed by atoms with E-state index in [1.165, 1.54) is 11.3 Å². The summed E-state index contributed by atoms with van der Waals surface area (Å²) in [6.07, 6.45) is 4.21. The van der Waals surface area contributed by atoms with E-state index in [2.05, 4.69) is 10.6 Å². The smallest absolute Gasteiger partial charge is 0.321 e. The summed E-state index contributed by atoms with van der Waals surface area (Å²) in [6, 6.07) is 3.27. The van der Waals surface area contributed by atoms with Crippen molar-refractivity contribution < 1.29 is 19.1 Å². The van der Waals surface area contributed by atoms with Crippen LogP contribution in [0.25, 0.3) is 0 Å². The highest BCUT2D eigenvalue weighted by Crippen LogP contribution is 2.17. The summed E-state index contributed by atoms with van der Waals surface area (Å²) in [5.41, 5.74) is 0. The lowest BCUT2D eigenvalue weighted by molar-refractivity contribution is -0.147. The largest absolute Gasteiger partial charge is 0.455 e. The molecule has 114 valence electrons. The molecule has 0 aliphatic heterocycles. The van der Waals surface area contributed by atoms with E-state index in [9.17, 15) is 14.4 Å². The zero-order valence-electron chi connectivity index (χ0n) is 11.6. The number of esters is 1. The molecule has 7 heteroatoms. The zero-order chi connectivity index (χ0) is 15.1. The Kier molecular flexibility index (Phi) is 5.74. The summed E-state index contributed by atoms with van der Waals surface area (Å²) < 4.78 is 4.82. The Morgan fingerprint density at radius 2 is 2.05 bits per heavy atom. The van der Waals surface area contributed by atoms with Crippen molar-refractivity contribution in [2.24, 2.45) is 0 Å². The van der Waals surface area contributed by atoms with Crippen LogP contribution in [0.1, 0.15) is 30.6 Å². The first kappa shape index (κ1) is 15.5. The number of thiophene rings is 1. The number of hydrogen-bond donors (Lipinski definition) is 2. The van der Waals surface area contributed by atoms with Gasteiger partial charge in [-0.2, -0.15) is 0 Å². The number of urea groups is 1. The van der Waals surface area contributed by atoms with Gasteiger partial charge in [0.05, 0.1) is 6.42 Å². The second-order valence-corrected chi connectivity index (χ2v) is 5.95. The summed E-state index contributed by atoms with van der Waals surface area (Å²) in [4.78, 5) is 35.4. The van der Waals surface area contributed by atoms with Crippen LogP contribution in [-0.4, -0.2) is 30.6 Å². The van der Waals surface area contributed by atoms with E-state index in [4.69, 9.17) is 4.74 Å². The molecule has 0 aromatic carbocycles. The highest BCUT2D eigenvalue weighted by molar-refractivity contribution is 7.10. The Balaban J connectivity index is 1.62. The molecule has 2 N–H and O–H groups in total. The van der Waals surface area contributed by atoms with Crippen molar-refractivity contribution >= 4 is 29.2 Å². The molecule has 1 aliphatic rings. The van der Waals surface area contributed by atoms with Crippen LogP contribution in [0.5, 0.6) is 0 Å². The number of carbonyl (C=O) groups excluding carboxylic acids is 3. The van der Waals surface area contributed by atoms with Gasteiger partial charge in [-0.1, -0.05) is 18.9 Å². The molecule has 1 saturated carbocycles. The van der Waals surface area contributed by atoms with Gasteiger partial charge in [0.1, 0.15) is 0 Å². The molecule has 0 radical (unpaired) electrons. The first-order valence-electron chi connectivity index (χ1n) is 6.92. The van der Waals surface area contributed by atoms with Crippen molar-refractivity contribution in [1.29, 1.82) is 0 Å². The number of imide groups is 1. The fourth-order valence-corrected chi connectivity index (χ4v) is 2.90. The van der Waals surface area contributed by atoms with Crippen LogP contribution in [0.4, 0.5) is 4.79 Å². The number of ether oxygens (including phenoxy) is 1. The lowest BCUT2D eigenvalue weighted by Crippen LogP contribution is -2.45. The molecule has 1 fully saturated rings. The summed E-state index contributed by atoms with van der Waals surface area (Å²) in [5.74, 6) is -1.10. The molecule has 0 saturated heterocycles. The molecule has 1 aromatic rings. The first-order valence-corrected chi connectivity index (χ1v) is 7.80. The molecule has 0 bridgehead atoms. The van der Waals surface area contributed by atoms with Crippen LogP contribution in [0, 0.1) is 0 Å². The maximum absolute atomic E-state index is 11.5. The lowest BCUT2D eigenvalue weighted by Gasteiger charge is -2.12. The number of rotatable bonds is 5. The van der Waals surface area contributed by atoms with Gasteiger partial charge in [-0.15, -0.1) is 11.3 Å². The van der Waals surface area contributed by atoms with Crippen molar-refractivity contribution in [3.63, 3.8) is 0 Å². The predicted octanol–water partition coefficient (Wildman–Crippen LogP) is 1.60. The molecule has 1 aromatic heterocycles. The number of nitrogens with one attached hydrogen (secondary N) is 2. The minimum atomic E-state index is -0.620. The Bertz CT molecular complexity index is 495. The van der Waals surface area contributed by atoms with Crippen LogP contribution >= 0.6 is 11.3 Å². The third-order valence-electron chi connectivity index (χ3n) is 3.21. The Hall–Kier alpha value is -1.89. The van der Waals surface area contributed by atoms with Gasteiger partial charge in [0, 0.05) is 10.9 Å². The highest BCUT2D eigenvalue weighted by atomic mass is 32.1. The van der Waals surface area contributed by atoms with Crippen LogP contribution in [0.3, 0.4) is 0 Å². The average Bonchev–Trinajstić information content (AvgIpc) is 3.10. The molecule has 6 nitrogen and oxygen atoms in total. The third kappa shape index (κ3) is 5.55. The Morgan fingerprint density at radius 1 is 1.29 bits per heavy atom. The Morgan fingerprint density at radius 3 is 2.71 bits per heavy atom. The SMILES string of the molecule is O=C(COC(=O)Cc1cccs1)NC(=O)NC1CCCC1. The second-order valence-electron chi connectivity index (χ2n) is 4.92. The van der Waals surface area contributed by atoms with Crippen LogP contribution < -0.4 is 10.6 Å². The maximum atomic E-state index is 11.5. The lowest BCUT2D eigenvalue weighted by atomic mass is 10.2. The van der Waals surface area contributed by atoms with E-state index >= 15 is 0 Å². The number of hydrogen-bond acceptors (Lipinski definition) is 5. The molecule has 0 atom stereocenters. The normalized spacial score (nSPS) is 14.7. The van der Waals surface area contributed by atoms with E-state index in [0.717, 1.165) is 30.6 Å². The van der Waals surface area contributed by atoms with Gasteiger partial charge in [0.15, 0.2) is 6.61 Å². The molecule has 0 spiro atoms. The first-order chi connectivity index (χ1) is 10.1. The van der Waals surface area contributed by atoms with Crippen LogP contribution in [0.15, 0.2) is 17.5 Å². The van der Waals surface area contributed by atoms with Gasteiger partial charge >= 0.3 is 12.0 Å². The van der Waals surface area contributed by atoms with Crippen LogP contribution in [0.2, 0.25) is 0 Å². The topological polar surface area (TPSA) is 84.5 Å². The number of carbonyl (C=O) groups is 3. The summed E-state index contributed by atoms with van der Waals surface area (Å²) >= 11 is 1.45. The summed E-state index contributed by atoms with van der Waals surface area (Å²) in [7, 11) is 0. The van der Waals surface area contributed by atoms with Gasteiger partial charge in [0.2, 0.25) is 0 Å². The van der Waals surface area contributed by atoms with E-state index in [-0.39, 0.29) is 12.5 Å². The standard InChI is InChI=1S/C14H18N2O4S/c17-12(16-14(19)15-10-4-1-2-5-10)9-20-13(18)8-11-6-3-7-21-11/h3,6-7,10H,1-2,4-5,8-9H2,(H2,15,16,17,19). The molecular formula is C14H18N2O4S. The van der Waals surface area contributed by atoms with Gasteiger partial charge in [-0.3, -0.25) is 14.9 Å². The van der Waals surface area contributed by atoms with Crippen LogP contribution in [-0.2, 0) is 20.7 Å². The molecule has 1 heterocycles. The monoisotopic (exact) mass is 310 g/mol. The molecule has 2 rings (SSSR count). The Labute approximate surface area is 126 Å². The molecule has 1 aliphatic carbocycles. The van der Waals surface area contributed by atoms with E-state index in [1.807, 2.05) is 17.5 Å². The maximum Gasteiger partial charge on any atom is 0.321 e. The van der Waals surface area contributed by atoms with Crippen molar-refractivity contribution in [2.75, 3.05) is 6.61 Å². The van der Waals surface area contributed by atoms with Crippen molar-refractivity contribution in [2.45, 2.75) is 38.1 Å². The minimum absolute atomic E-state index is 0.138. The van der Waals surface area contributed by atoms with Gasteiger partial charge < -0.3 is 10.1 Å². The minimum Gasteiger partial charge on any atom is -0.455 e. The van der Waals surface area contributed by atoms with Gasteiger partial charge in [-0.05, 0) is 24.3 Å². The van der Waals surface area contributed by atoms with Crippen molar-refractivity contribution in [3.8, 4) is 0 Å². The van der Waals surface area contributed by atoms with E-state index < -0.39 is 24.5 Å². The van der Waals surface area contributed by atoms with Crippen molar-refractivity contribution in [1.82, 2.24) is 10.6 Å². The fourth-order valence-electron chi connectivity index (χ4n) is 2.21.